The third-order valence-corrected chi connectivity index (χ3v) is 8.62. The molecule has 1 saturated heterocycles. The lowest BCUT2D eigenvalue weighted by molar-refractivity contribution is -0.148. The van der Waals surface area contributed by atoms with Crippen LogP contribution in [0.15, 0.2) is 47.4 Å². The van der Waals surface area contributed by atoms with E-state index in [0.29, 0.717) is 10.3 Å². The molecule has 1 unspecified atom stereocenters. The number of nitrogen functional groups attached to an aromatic ring is 1. The van der Waals surface area contributed by atoms with Crippen LogP contribution in [-0.4, -0.2) is 54.2 Å². The number of amides is 1. The lowest BCUT2D eigenvalue weighted by Crippen LogP contribution is -2.47. The fourth-order valence-electron chi connectivity index (χ4n) is 4.68. The number of halogens is 3. The summed E-state index contributed by atoms with van der Waals surface area (Å²) in [6.45, 7) is 1.89. The Labute approximate surface area is 216 Å². The molecule has 1 amide bonds. The van der Waals surface area contributed by atoms with Crippen LogP contribution in [0.2, 0.25) is 0 Å². The summed E-state index contributed by atoms with van der Waals surface area (Å²) in [4.78, 5) is 18.6. The number of nitrogens with zero attached hydrogens (tertiary/aromatic N) is 2. The van der Waals surface area contributed by atoms with Gasteiger partial charge in [0, 0.05) is 30.8 Å². The van der Waals surface area contributed by atoms with E-state index in [1.807, 2.05) is 0 Å². The second-order valence-corrected chi connectivity index (χ2v) is 12.2. The fourth-order valence-corrected chi connectivity index (χ4v) is 6.73. The van der Waals surface area contributed by atoms with E-state index in [1.54, 1.807) is 12.1 Å². The molecular weight excluding hydrogens is 529 g/mol. The molecule has 13 heteroatoms. The third kappa shape index (κ3) is 6.51. The zero-order valence-corrected chi connectivity index (χ0v) is 21.6. The summed E-state index contributed by atoms with van der Waals surface area (Å²) in [5, 5.41) is 11.0. The maximum Gasteiger partial charge on any atom is 0.389 e. The Kier molecular flexibility index (Phi) is 7.41. The van der Waals surface area contributed by atoms with E-state index in [9.17, 15) is 31.5 Å². The van der Waals surface area contributed by atoms with Crippen LogP contribution in [0.1, 0.15) is 43.0 Å². The average molecular weight is 557 g/mol. The number of anilines is 2. The van der Waals surface area contributed by atoms with Gasteiger partial charge in [-0.25, -0.2) is 13.4 Å². The number of aromatic nitrogens is 1. The van der Waals surface area contributed by atoms with Crippen LogP contribution in [0, 0.1) is 5.92 Å². The Morgan fingerprint density at radius 3 is 2.49 bits per heavy atom. The van der Waals surface area contributed by atoms with Crippen molar-refractivity contribution in [2.45, 2.75) is 49.3 Å². The Morgan fingerprint density at radius 1 is 1.22 bits per heavy atom. The fraction of sp³-hybridized carbons (Fsp3) is 0.417. The number of para-hydroxylation sites is 1. The number of sulfonamides is 1. The summed E-state index contributed by atoms with van der Waals surface area (Å²) >= 11 is 1.18. The summed E-state index contributed by atoms with van der Waals surface area (Å²) in [5.41, 5.74) is 5.34. The van der Waals surface area contributed by atoms with Gasteiger partial charge in [0.25, 0.3) is 15.9 Å². The van der Waals surface area contributed by atoms with E-state index in [1.165, 1.54) is 53.5 Å². The monoisotopic (exact) mass is 556 g/mol. The van der Waals surface area contributed by atoms with Crippen molar-refractivity contribution in [2.24, 2.45) is 5.92 Å². The normalized spacial score (nSPS) is 17.1. The molecule has 0 radical (unpaired) electrons. The number of aliphatic hydroxyl groups is 1. The van der Waals surface area contributed by atoms with Gasteiger partial charge in [-0.3, -0.25) is 9.52 Å². The summed E-state index contributed by atoms with van der Waals surface area (Å²) in [7, 11) is -3.97. The number of rotatable bonds is 7. The standard InChI is InChI=1S/C24H27F3N4O4S2/c1-15(14-24(25,26)27)13-23(33)9-11-31(12-10-23)21(32)16-5-7-17(8-6-16)30-37(34,35)19-4-2-3-18-20(19)29-22(28)36-18/h2-8,15,30,33H,9-14H2,1H3,(H2,28,29). The van der Waals surface area contributed by atoms with E-state index < -0.39 is 34.1 Å². The highest BCUT2D eigenvalue weighted by Gasteiger charge is 2.38. The molecule has 0 bridgehead atoms. The molecule has 1 aliphatic heterocycles. The summed E-state index contributed by atoms with van der Waals surface area (Å²) < 4.78 is 66.9. The molecule has 200 valence electrons. The first-order valence-corrected chi connectivity index (χ1v) is 13.9. The summed E-state index contributed by atoms with van der Waals surface area (Å²) in [6.07, 6.45) is -4.85. The number of carbonyl (C=O) groups excluding carboxylic acids is 1. The van der Waals surface area contributed by atoms with Crippen molar-refractivity contribution in [3.05, 3.63) is 48.0 Å². The molecule has 4 N–H and O–H groups in total. The number of nitrogens with two attached hydrogens (primary N) is 1. The molecule has 0 saturated carbocycles. The largest absolute Gasteiger partial charge is 0.390 e. The van der Waals surface area contributed by atoms with Crippen molar-refractivity contribution in [3.8, 4) is 0 Å². The molecule has 2 heterocycles. The van der Waals surface area contributed by atoms with Gasteiger partial charge in [-0.05, 0) is 61.6 Å². The van der Waals surface area contributed by atoms with Gasteiger partial charge in [0.15, 0.2) is 5.13 Å². The minimum atomic E-state index is -4.28. The van der Waals surface area contributed by atoms with Crippen LogP contribution in [0.25, 0.3) is 10.2 Å². The minimum absolute atomic E-state index is 0.0107. The van der Waals surface area contributed by atoms with Gasteiger partial charge in [0.2, 0.25) is 0 Å². The van der Waals surface area contributed by atoms with E-state index in [2.05, 4.69) is 9.71 Å². The van der Waals surface area contributed by atoms with Crippen molar-refractivity contribution < 1.29 is 31.5 Å². The molecule has 37 heavy (non-hydrogen) atoms. The Morgan fingerprint density at radius 2 is 1.86 bits per heavy atom. The number of hydrogen-bond donors (Lipinski definition) is 3. The second-order valence-electron chi connectivity index (χ2n) is 9.48. The minimum Gasteiger partial charge on any atom is -0.390 e. The van der Waals surface area contributed by atoms with Crippen molar-refractivity contribution in [1.29, 1.82) is 0 Å². The summed E-state index contributed by atoms with van der Waals surface area (Å²) in [6, 6.07) is 10.7. The first-order valence-electron chi connectivity index (χ1n) is 11.6. The smallest absolute Gasteiger partial charge is 0.389 e. The number of thiazole rings is 1. The molecule has 0 aliphatic carbocycles. The van der Waals surface area contributed by atoms with Crippen LogP contribution in [0.5, 0.6) is 0 Å². The predicted molar refractivity (Wildman–Crippen MR) is 136 cm³/mol. The van der Waals surface area contributed by atoms with Gasteiger partial charge >= 0.3 is 6.18 Å². The van der Waals surface area contributed by atoms with Crippen LogP contribution in [-0.2, 0) is 10.0 Å². The van der Waals surface area contributed by atoms with Crippen molar-refractivity contribution in [1.82, 2.24) is 9.88 Å². The van der Waals surface area contributed by atoms with Gasteiger partial charge in [-0.1, -0.05) is 24.3 Å². The Hall–Kier alpha value is -2.90. The first kappa shape index (κ1) is 27.1. The zero-order valence-electron chi connectivity index (χ0n) is 20.0. The molecule has 8 nitrogen and oxygen atoms in total. The molecular formula is C24H27F3N4O4S2. The predicted octanol–water partition coefficient (Wildman–Crippen LogP) is 4.63. The van der Waals surface area contributed by atoms with E-state index in [0.717, 1.165) is 0 Å². The number of piperidine rings is 1. The average Bonchev–Trinajstić information content (AvgIpc) is 3.18. The van der Waals surface area contributed by atoms with Crippen LogP contribution in [0.4, 0.5) is 24.0 Å². The molecule has 2 aromatic carbocycles. The Bertz CT molecular complexity index is 1380. The number of alkyl halides is 3. The first-order chi connectivity index (χ1) is 17.2. The van der Waals surface area contributed by atoms with Crippen molar-refractivity contribution in [2.75, 3.05) is 23.5 Å². The van der Waals surface area contributed by atoms with Gasteiger partial charge in [0.1, 0.15) is 10.4 Å². The molecule has 3 aromatic rings. The Balaban J connectivity index is 1.38. The molecule has 0 spiro atoms. The number of benzene rings is 2. The quantitative estimate of drug-likeness (QED) is 0.390. The number of fused-ring (bicyclic) bond motifs is 1. The maximum absolute atomic E-state index is 13.0. The second kappa shape index (κ2) is 10.1. The molecule has 1 atom stereocenters. The van der Waals surface area contributed by atoms with Crippen LogP contribution in [0.3, 0.4) is 0 Å². The van der Waals surface area contributed by atoms with Gasteiger partial charge in [-0.15, -0.1) is 0 Å². The van der Waals surface area contributed by atoms with Crippen LogP contribution < -0.4 is 10.5 Å². The molecule has 4 rings (SSSR count). The van der Waals surface area contributed by atoms with Crippen LogP contribution >= 0.6 is 11.3 Å². The molecule has 1 fully saturated rings. The van der Waals surface area contributed by atoms with E-state index in [4.69, 9.17) is 5.73 Å². The van der Waals surface area contributed by atoms with Gasteiger partial charge < -0.3 is 15.7 Å². The number of hydrogen-bond acceptors (Lipinski definition) is 7. The third-order valence-electron chi connectivity index (χ3n) is 6.36. The number of carbonyl (C=O) groups is 1. The lowest BCUT2D eigenvalue weighted by atomic mass is 9.82. The summed E-state index contributed by atoms with van der Waals surface area (Å²) in [5.74, 6) is -1.02. The topological polar surface area (TPSA) is 126 Å². The van der Waals surface area contributed by atoms with Gasteiger partial charge in [-0.2, -0.15) is 13.2 Å². The van der Waals surface area contributed by atoms with Gasteiger partial charge in [0.05, 0.1) is 10.3 Å². The highest BCUT2D eigenvalue weighted by molar-refractivity contribution is 7.93. The highest BCUT2D eigenvalue weighted by atomic mass is 32.2. The number of likely N-dealkylation sites (tertiary alicyclic amines) is 1. The maximum atomic E-state index is 13.0. The number of nitrogens with one attached hydrogen (secondary N) is 1. The highest BCUT2D eigenvalue weighted by Crippen LogP contribution is 2.35. The molecule has 1 aliphatic rings. The molecule has 1 aromatic heterocycles. The van der Waals surface area contributed by atoms with E-state index >= 15 is 0 Å². The van der Waals surface area contributed by atoms with E-state index in [-0.39, 0.29) is 59.5 Å². The zero-order chi connectivity index (χ0) is 27.0. The lowest BCUT2D eigenvalue weighted by Gasteiger charge is -2.39. The SMILES string of the molecule is CC(CC(F)(F)F)CC1(O)CCN(C(=O)c2ccc(NS(=O)(=O)c3cccc4sc(N)nc34)cc2)CC1. The van der Waals surface area contributed by atoms with Crippen molar-refractivity contribution in [3.63, 3.8) is 0 Å². The van der Waals surface area contributed by atoms with Crippen molar-refractivity contribution >= 4 is 48.3 Å².